The van der Waals surface area contributed by atoms with Crippen molar-refractivity contribution < 1.29 is 0 Å². The molecule has 3 heterocycles. The SMILES string of the molecule is CC(NCc1cn2ccsc2n1)c1ccc(Cl)s1. The monoisotopic (exact) mass is 297 g/mol. The lowest BCUT2D eigenvalue weighted by Gasteiger charge is -2.10. The van der Waals surface area contributed by atoms with E-state index in [4.69, 9.17) is 11.6 Å². The molecule has 0 saturated heterocycles. The highest BCUT2D eigenvalue weighted by atomic mass is 35.5. The third-order valence-corrected chi connectivity index (χ3v) is 4.94. The average molecular weight is 298 g/mol. The molecule has 1 atom stereocenters. The molecule has 94 valence electrons. The zero-order valence-electron chi connectivity index (χ0n) is 9.76. The van der Waals surface area contributed by atoms with Crippen LogP contribution in [0.1, 0.15) is 23.5 Å². The molecule has 0 spiro atoms. The third-order valence-electron chi connectivity index (χ3n) is 2.75. The van der Waals surface area contributed by atoms with Gasteiger partial charge in [0.05, 0.1) is 10.0 Å². The van der Waals surface area contributed by atoms with E-state index < -0.39 is 0 Å². The average Bonchev–Trinajstić information content (AvgIpc) is 3.00. The van der Waals surface area contributed by atoms with Gasteiger partial charge in [0.2, 0.25) is 0 Å². The maximum atomic E-state index is 5.94. The molecular weight excluding hydrogens is 286 g/mol. The van der Waals surface area contributed by atoms with Gasteiger partial charge in [0.1, 0.15) is 0 Å². The summed E-state index contributed by atoms with van der Waals surface area (Å²) in [5.41, 5.74) is 1.07. The Balaban J connectivity index is 1.65. The molecule has 0 radical (unpaired) electrons. The van der Waals surface area contributed by atoms with E-state index in [0.717, 1.165) is 21.5 Å². The summed E-state index contributed by atoms with van der Waals surface area (Å²) >= 11 is 9.20. The molecule has 3 nitrogen and oxygen atoms in total. The molecule has 0 bridgehead atoms. The van der Waals surface area contributed by atoms with Gasteiger partial charge in [0.25, 0.3) is 0 Å². The van der Waals surface area contributed by atoms with Crippen LogP contribution in [-0.4, -0.2) is 9.38 Å². The highest BCUT2D eigenvalue weighted by Crippen LogP contribution is 2.26. The van der Waals surface area contributed by atoms with Crippen molar-refractivity contribution in [1.82, 2.24) is 14.7 Å². The molecule has 0 amide bonds. The number of hydrogen-bond acceptors (Lipinski definition) is 4. The predicted molar refractivity (Wildman–Crippen MR) is 77.7 cm³/mol. The summed E-state index contributed by atoms with van der Waals surface area (Å²) in [6, 6.07) is 4.30. The Bertz CT molecular complexity index is 626. The van der Waals surface area contributed by atoms with E-state index in [1.54, 1.807) is 22.7 Å². The Kier molecular flexibility index (Phi) is 3.39. The molecule has 1 unspecified atom stereocenters. The summed E-state index contributed by atoms with van der Waals surface area (Å²) in [6.07, 6.45) is 4.09. The van der Waals surface area contributed by atoms with Crippen LogP contribution in [0.15, 0.2) is 29.9 Å². The van der Waals surface area contributed by atoms with Crippen LogP contribution in [0.2, 0.25) is 4.34 Å². The largest absolute Gasteiger partial charge is 0.304 e. The number of nitrogens with zero attached hydrogens (tertiary/aromatic N) is 2. The fraction of sp³-hybridized carbons (Fsp3) is 0.250. The van der Waals surface area contributed by atoms with Crippen LogP contribution in [0.25, 0.3) is 4.96 Å². The molecule has 1 N–H and O–H groups in total. The molecule has 18 heavy (non-hydrogen) atoms. The maximum Gasteiger partial charge on any atom is 0.193 e. The number of aromatic nitrogens is 2. The first-order valence-corrected chi connectivity index (χ1v) is 7.69. The molecule has 0 aliphatic heterocycles. The van der Waals surface area contributed by atoms with Gasteiger partial charge in [0, 0.05) is 35.2 Å². The Labute approximate surface area is 118 Å². The van der Waals surface area contributed by atoms with Crippen LogP contribution in [0.5, 0.6) is 0 Å². The first-order valence-electron chi connectivity index (χ1n) is 5.62. The minimum absolute atomic E-state index is 0.294. The van der Waals surface area contributed by atoms with Gasteiger partial charge in [-0.3, -0.25) is 4.40 Å². The second kappa shape index (κ2) is 5.01. The molecule has 0 saturated carbocycles. The molecular formula is C12H12ClN3S2. The van der Waals surface area contributed by atoms with Crippen LogP contribution in [-0.2, 0) is 6.54 Å². The van der Waals surface area contributed by atoms with Crippen molar-refractivity contribution in [3.8, 4) is 0 Å². The summed E-state index contributed by atoms with van der Waals surface area (Å²) in [5, 5.41) is 5.50. The zero-order chi connectivity index (χ0) is 12.5. The number of nitrogens with one attached hydrogen (secondary N) is 1. The van der Waals surface area contributed by atoms with Crippen LogP contribution in [0.4, 0.5) is 0 Å². The van der Waals surface area contributed by atoms with Crippen LogP contribution < -0.4 is 5.32 Å². The van der Waals surface area contributed by atoms with Gasteiger partial charge in [0.15, 0.2) is 4.96 Å². The van der Waals surface area contributed by atoms with Crippen molar-refractivity contribution in [2.45, 2.75) is 19.5 Å². The Morgan fingerprint density at radius 2 is 2.39 bits per heavy atom. The lowest BCUT2D eigenvalue weighted by Crippen LogP contribution is -2.17. The molecule has 3 rings (SSSR count). The molecule has 0 fully saturated rings. The van der Waals surface area contributed by atoms with Crippen molar-refractivity contribution in [3.05, 3.63) is 44.8 Å². The standard InChI is InChI=1S/C12H12ClN3S2/c1-8(10-2-3-11(13)18-10)14-6-9-7-16-4-5-17-12(16)15-9/h2-5,7-8,14H,6H2,1H3. The fourth-order valence-corrected chi connectivity index (χ4v) is 3.59. The van der Waals surface area contributed by atoms with E-state index in [2.05, 4.69) is 29.5 Å². The van der Waals surface area contributed by atoms with Gasteiger partial charge in [-0.25, -0.2) is 4.98 Å². The van der Waals surface area contributed by atoms with Crippen molar-refractivity contribution in [2.24, 2.45) is 0 Å². The minimum Gasteiger partial charge on any atom is -0.304 e. The second-order valence-electron chi connectivity index (χ2n) is 4.07. The first-order chi connectivity index (χ1) is 8.72. The molecule has 3 aromatic heterocycles. The van der Waals surface area contributed by atoms with Gasteiger partial charge < -0.3 is 5.32 Å². The lowest BCUT2D eigenvalue weighted by molar-refractivity contribution is 0.577. The summed E-state index contributed by atoms with van der Waals surface area (Å²) in [6.45, 7) is 2.91. The van der Waals surface area contributed by atoms with Crippen LogP contribution in [0, 0.1) is 0 Å². The minimum atomic E-state index is 0.294. The second-order valence-corrected chi connectivity index (χ2v) is 6.69. The number of hydrogen-bond donors (Lipinski definition) is 1. The molecule has 3 aromatic rings. The van der Waals surface area contributed by atoms with E-state index in [-0.39, 0.29) is 0 Å². The quantitative estimate of drug-likeness (QED) is 0.790. The van der Waals surface area contributed by atoms with Gasteiger partial charge in [-0.2, -0.15) is 0 Å². The molecule has 0 aliphatic carbocycles. The van der Waals surface area contributed by atoms with Gasteiger partial charge in [-0.05, 0) is 19.1 Å². The summed E-state index contributed by atoms with van der Waals surface area (Å²) in [5.74, 6) is 0. The normalized spacial score (nSPS) is 13.2. The summed E-state index contributed by atoms with van der Waals surface area (Å²) < 4.78 is 2.88. The first kappa shape index (κ1) is 12.2. The summed E-state index contributed by atoms with van der Waals surface area (Å²) in [4.78, 5) is 6.83. The maximum absolute atomic E-state index is 5.94. The van der Waals surface area contributed by atoms with Crippen molar-refractivity contribution in [2.75, 3.05) is 0 Å². The van der Waals surface area contributed by atoms with Gasteiger partial charge in [-0.1, -0.05) is 11.6 Å². The van der Waals surface area contributed by atoms with Gasteiger partial charge in [-0.15, -0.1) is 22.7 Å². The number of rotatable bonds is 4. The van der Waals surface area contributed by atoms with E-state index in [0.29, 0.717) is 6.04 Å². The Hall–Kier alpha value is -0.880. The molecule has 6 heteroatoms. The number of fused-ring (bicyclic) bond motifs is 1. The molecule has 0 aliphatic rings. The van der Waals surface area contributed by atoms with E-state index in [1.165, 1.54) is 4.88 Å². The van der Waals surface area contributed by atoms with Crippen LogP contribution >= 0.6 is 34.3 Å². The number of halogens is 1. The Morgan fingerprint density at radius 3 is 3.11 bits per heavy atom. The number of imidazole rings is 1. The lowest BCUT2D eigenvalue weighted by atomic mass is 10.2. The van der Waals surface area contributed by atoms with Crippen molar-refractivity contribution >= 4 is 39.2 Å². The summed E-state index contributed by atoms with van der Waals surface area (Å²) in [7, 11) is 0. The van der Waals surface area contributed by atoms with Crippen molar-refractivity contribution in [3.63, 3.8) is 0 Å². The highest BCUT2D eigenvalue weighted by molar-refractivity contribution is 7.16. The van der Waals surface area contributed by atoms with E-state index >= 15 is 0 Å². The number of thiazole rings is 1. The smallest absolute Gasteiger partial charge is 0.193 e. The fourth-order valence-electron chi connectivity index (χ4n) is 1.78. The Morgan fingerprint density at radius 1 is 1.50 bits per heavy atom. The van der Waals surface area contributed by atoms with E-state index in [9.17, 15) is 0 Å². The predicted octanol–water partition coefficient (Wildman–Crippen LogP) is 3.96. The number of thiophene rings is 1. The zero-order valence-corrected chi connectivity index (χ0v) is 12.1. The van der Waals surface area contributed by atoms with Crippen LogP contribution in [0.3, 0.4) is 0 Å². The third kappa shape index (κ3) is 2.44. The van der Waals surface area contributed by atoms with Crippen molar-refractivity contribution in [1.29, 1.82) is 0 Å². The van der Waals surface area contributed by atoms with Gasteiger partial charge >= 0.3 is 0 Å². The van der Waals surface area contributed by atoms with E-state index in [1.807, 2.05) is 22.0 Å². The highest BCUT2D eigenvalue weighted by Gasteiger charge is 2.09. The topological polar surface area (TPSA) is 29.3 Å². The molecule has 0 aromatic carbocycles.